The van der Waals surface area contributed by atoms with E-state index in [9.17, 15) is 9.18 Å². The van der Waals surface area contributed by atoms with Gasteiger partial charge in [-0.1, -0.05) is 23.7 Å². The van der Waals surface area contributed by atoms with Crippen molar-refractivity contribution < 1.29 is 13.7 Å². The molecule has 1 aromatic carbocycles. The first-order valence-electron chi connectivity index (χ1n) is 7.38. The molecule has 1 atom stereocenters. The molecule has 0 radical (unpaired) electrons. The Balaban J connectivity index is 1.80. The zero-order chi connectivity index (χ0) is 15.7. The molecule has 116 valence electrons. The highest BCUT2D eigenvalue weighted by atomic mass is 19.1. The minimum atomic E-state index is -0.644. The Morgan fingerprint density at radius 2 is 2.23 bits per heavy atom. The average Bonchev–Trinajstić information content (AvgIpc) is 2.84. The highest BCUT2D eigenvalue weighted by molar-refractivity contribution is 5.89. The van der Waals surface area contributed by atoms with E-state index in [1.165, 1.54) is 12.1 Å². The predicted octanol–water partition coefficient (Wildman–Crippen LogP) is 2.82. The first kappa shape index (κ1) is 14.7. The molecule has 0 aliphatic heterocycles. The largest absolute Gasteiger partial charge is 0.345 e. The fraction of sp³-hybridized carbons (Fsp3) is 0.438. The summed E-state index contributed by atoms with van der Waals surface area (Å²) in [7, 11) is 0. The van der Waals surface area contributed by atoms with Crippen LogP contribution >= 0.6 is 0 Å². The Hall–Kier alpha value is -2.24. The van der Waals surface area contributed by atoms with Gasteiger partial charge in [-0.05, 0) is 37.5 Å². The molecular weight excluding hydrogens is 285 g/mol. The van der Waals surface area contributed by atoms with E-state index in [-0.39, 0.29) is 17.8 Å². The number of hydrogen-bond donors (Lipinski definition) is 1. The molecule has 22 heavy (non-hydrogen) atoms. The van der Waals surface area contributed by atoms with Gasteiger partial charge in [0, 0.05) is 6.92 Å². The van der Waals surface area contributed by atoms with Crippen LogP contribution in [0.5, 0.6) is 0 Å². The topological polar surface area (TPSA) is 68.0 Å². The third-order valence-corrected chi connectivity index (χ3v) is 4.30. The Bertz CT molecular complexity index is 694. The molecule has 3 rings (SSSR count). The quantitative estimate of drug-likeness (QED) is 0.943. The summed E-state index contributed by atoms with van der Waals surface area (Å²) in [6.07, 6.45) is 2.40. The van der Waals surface area contributed by atoms with Crippen molar-refractivity contribution in [1.82, 2.24) is 15.5 Å². The van der Waals surface area contributed by atoms with Gasteiger partial charge in [-0.25, -0.2) is 4.39 Å². The van der Waals surface area contributed by atoms with Crippen LogP contribution in [0.3, 0.4) is 0 Å². The van der Waals surface area contributed by atoms with Crippen LogP contribution in [0.4, 0.5) is 4.39 Å². The van der Waals surface area contributed by atoms with Gasteiger partial charge in [0.1, 0.15) is 5.82 Å². The normalized spacial score (nSPS) is 17.6. The van der Waals surface area contributed by atoms with Gasteiger partial charge >= 0.3 is 0 Å². The molecular formula is C16H18FN3O2. The molecule has 5 nitrogen and oxygen atoms in total. The Kier molecular flexibility index (Phi) is 3.68. The summed E-state index contributed by atoms with van der Waals surface area (Å²) < 4.78 is 18.4. The molecule has 1 unspecified atom stereocenters. The Labute approximate surface area is 127 Å². The number of carbonyl (C=O) groups is 1. The molecule has 2 aromatic rings. The highest BCUT2D eigenvalue weighted by Gasteiger charge is 2.46. The van der Waals surface area contributed by atoms with Crippen molar-refractivity contribution in [1.29, 1.82) is 0 Å². The molecule has 1 aromatic heterocycles. The van der Waals surface area contributed by atoms with E-state index in [2.05, 4.69) is 15.5 Å². The van der Waals surface area contributed by atoms with Crippen molar-refractivity contribution in [3.05, 3.63) is 47.4 Å². The maximum Gasteiger partial charge on any atom is 0.231 e. The van der Waals surface area contributed by atoms with Gasteiger partial charge in [0.15, 0.2) is 5.82 Å². The zero-order valence-corrected chi connectivity index (χ0v) is 12.6. The predicted molar refractivity (Wildman–Crippen MR) is 77.5 cm³/mol. The summed E-state index contributed by atoms with van der Waals surface area (Å²) in [5.41, 5.74) is 0.0857. The zero-order valence-electron chi connectivity index (χ0n) is 12.6. The number of halogens is 1. The van der Waals surface area contributed by atoms with Crippen LogP contribution in [0.25, 0.3) is 0 Å². The molecule has 1 N–H and O–H groups in total. The lowest BCUT2D eigenvalue weighted by Gasteiger charge is -2.41. The summed E-state index contributed by atoms with van der Waals surface area (Å²) in [5, 5.41) is 6.74. The SMILES string of the molecule is Cc1nc(C(C)NC(=O)C2(c3cccc(F)c3)CCC2)no1. The van der Waals surface area contributed by atoms with Crippen LogP contribution in [0.2, 0.25) is 0 Å². The summed E-state index contributed by atoms with van der Waals surface area (Å²) in [4.78, 5) is 16.9. The van der Waals surface area contributed by atoms with Crippen LogP contribution in [0.1, 0.15) is 49.5 Å². The Morgan fingerprint density at radius 1 is 1.45 bits per heavy atom. The summed E-state index contributed by atoms with van der Waals surface area (Å²) in [6, 6.07) is 5.94. The van der Waals surface area contributed by atoms with Gasteiger partial charge in [0.25, 0.3) is 0 Å². The second-order valence-electron chi connectivity index (χ2n) is 5.81. The fourth-order valence-electron chi connectivity index (χ4n) is 2.85. The smallest absolute Gasteiger partial charge is 0.231 e. The van der Waals surface area contributed by atoms with E-state index in [1.54, 1.807) is 19.9 Å². The molecule has 0 bridgehead atoms. The average molecular weight is 303 g/mol. The lowest BCUT2D eigenvalue weighted by molar-refractivity contribution is -0.130. The maximum atomic E-state index is 13.5. The van der Waals surface area contributed by atoms with Crippen molar-refractivity contribution >= 4 is 5.91 Å². The molecule has 1 heterocycles. The van der Waals surface area contributed by atoms with Crippen molar-refractivity contribution in [3.8, 4) is 0 Å². The van der Waals surface area contributed by atoms with Crippen molar-refractivity contribution in [2.75, 3.05) is 0 Å². The molecule has 0 saturated heterocycles. The monoisotopic (exact) mass is 303 g/mol. The third-order valence-electron chi connectivity index (χ3n) is 4.30. The molecule has 1 saturated carbocycles. The second-order valence-corrected chi connectivity index (χ2v) is 5.81. The van der Waals surface area contributed by atoms with Crippen LogP contribution in [-0.4, -0.2) is 16.0 Å². The van der Waals surface area contributed by atoms with Crippen molar-refractivity contribution in [3.63, 3.8) is 0 Å². The first-order chi connectivity index (χ1) is 10.5. The van der Waals surface area contributed by atoms with E-state index < -0.39 is 5.41 Å². The van der Waals surface area contributed by atoms with Gasteiger partial charge in [0.05, 0.1) is 11.5 Å². The second kappa shape index (κ2) is 5.51. The number of amides is 1. The lowest BCUT2D eigenvalue weighted by Crippen LogP contribution is -2.49. The Morgan fingerprint density at radius 3 is 2.77 bits per heavy atom. The minimum absolute atomic E-state index is 0.112. The summed E-state index contributed by atoms with van der Waals surface area (Å²) in [5.74, 6) is 0.469. The van der Waals surface area contributed by atoms with Gasteiger partial charge in [0.2, 0.25) is 11.8 Å². The molecule has 0 spiro atoms. The standard InChI is InChI=1S/C16H18FN3O2/c1-10(14-19-11(2)22-20-14)18-15(21)16(7-4-8-16)12-5-3-6-13(17)9-12/h3,5-6,9-10H,4,7-8H2,1-2H3,(H,18,21). The third kappa shape index (κ3) is 2.49. The molecule has 1 amide bonds. The van der Waals surface area contributed by atoms with E-state index in [0.717, 1.165) is 24.8 Å². The van der Waals surface area contributed by atoms with Crippen LogP contribution < -0.4 is 5.32 Å². The number of benzene rings is 1. The minimum Gasteiger partial charge on any atom is -0.345 e. The van der Waals surface area contributed by atoms with E-state index in [1.807, 2.05) is 6.07 Å². The van der Waals surface area contributed by atoms with Crippen molar-refractivity contribution in [2.45, 2.75) is 44.6 Å². The van der Waals surface area contributed by atoms with Gasteiger partial charge in [-0.2, -0.15) is 4.98 Å². The number of aryl methyl sites for hydroxylation is 1. The van der Waals surface area contributed by atoms with E-state index in [0.29, 0.717) is 11.7 Å². The molecule has 6 heteroatoms. The van der Waals surface area contributed by atoms with Gasteiger partial charge < -0.3 is 9.84 Å². The van der Waals surface area contributed by atoms with E-state index in [4.69, 9.17) is 4.52 Å². The molecule has 1 aliphatic rings. The summed E-state index contributed by atoms with van der Waals surface area (Å²) in [6.45, 7) is 3.51. The number of aromatic nitrogens is 2. The number of hydrogen-bond acceptors (Lipinski definition) is 4. The van der Waals surface area contributed by atoms with E-state index >= 15 is 0 Å². The van der Waals surface area contributed by atoms with Crippen LogP contribution in [0.15, 0.2) is 28.8 Å². The molecule has 1 fully saturated rings. The number of rotatable bonds is 4. The highest BCUT2D eigenvalue weighted by Crippen LogP contribution is 2.44. The fourth-order valence-corrected chi connectivity index (χ4v) is 2.85. The maximum absolute atomic E-state index is 13.5. The van der Waals surface area contributed by atoms with Crippen molar-refractivity contribution in [2.24, 2.45) is 0 Å². The van der Waals surface area contributed by atoms with Gasteiger partial charge in [-0.15, -0.1) is 0 Å². The summed E-state index contributed by atoms with van der Waals surface area (Å²) >= 11 is 0. The van der Waals surface area contributed by atoms with Crippen LogP contribution in [0, 0.1) is 12.7 Å². The van der Waals surface area contributed by atoms with Gasteiger partial charge in [-0.3, -0.25) is 4.79 Å². The number of nitrogens with one attached hydrogen (secondary N) is 1. The molecule has 1 aliphatic carbocycles. The van der Waals surface area contributed by atoms with Crippen LogP contribution in [-0.2, 0) is 10.2 Å². The first-order valence-corrected chi connectivity index (χ1v) is 7.38. The lowest BCUT2D eigenvalue weighted by atomic mass is 9.63. The number of carbonyl (C=O) groups excluding carboxylic acids is 1. The number of nitrogens with zero attached hydrogens (tertiary/aromatic N) is 2.